The summed E-state index contributed by atoms with van der Waals surface area (Å²) in [5.41, 5.74) is 2.74. The van der Waals surface area contributed by atoms with Crippen molar-refractivity contribution >= 4 is 35.6 Å². The topological polar surface area (TPSA) is 30.9 Å². The van der Waals surface area contributed by atoms with Crippen LogP contribution in [0.3, 0.4) is 0 Å². The molecule has 0 radical (unpaired) electrons. The Bertz CT molecular complexity index is 517. The fraction of sp³-hybridized carbons (Fsp3) is 0.588. The summed E-state index contributed by atoms with van der Waals surface area (Å²) in [7, 11) is 1.88. The lowest BCUT2D eigenvalue weighted by Crippen LogP contribution is -2.46. The van der Waals surface area contributed by atoms with Crippen molar-refractivity contribution in [1.29, 1.82) is 0 Å². The maximum absolute atomic E-state index is 4.49. The normalized spacial score (nSPS) is 21.6. The van der Waals surface area contributed by atoms with Crippen LogP contribution in [-0.2, 0) is 6.42 Å². The van der Waals surface area contributed by atoms with Gasteiger partial charge < -0.3 is 10.2 Å². The van der Waals surface area contributed by atoms with Crippen molar-refractivity contribution in [1.82, 2.24) is 10.2 Å². The molecule has 1 fully saturated rings. The molecular weight excluding hydrogens is 387 g/mol. The van der Waals surface area contributed by atoms with Crippen molar-refractivity contribution in [2.45, 2.75) is 32.2 Å². The molecular formula is C17H27IN4. The summed E-state index contributed by atoms with van der Waals surface area (Å²) in [6.07, 6.45) is 3.74. The standard InChI is InChI=1S/C17H26N4.HI/c1-3-20-11-6-8-15(20)13-19-17(18-2)21-12-10-14-7-4-5-9-16(14)21;/h4-5,7,9,15H,3,6,8,10-13H2,1-2H3,(H,18,19);1H. The van der Waals surface area contributed by atoms with Gasteiger partial charge in [0.25, 0.3) is 0 Å². The average Bonchev–Trinajstić information content (AvgIpc) is 3.15. The van der Waals surface area contributed by atoms with Gasteiger partial charge in [-0.15, -0.1) is 24.0 Å². The average molecular weight is 414 g/mol. The first-order valence-corrected chi connectivity index (χ1v) is 8.13. The fourth-order valence-electron chi connectivity index (χ4n) is 3.61. The van der Waals surface area contributed by atoms with E-state index in [1.54, 1.807) is 0 Å². The third kappa shape index (κ3) is 3.56. The zero-order chi connectivity index (χ0) is 14.7. The first kappa shape index (κ1) is 17.5. The minimum atomic E-state index is 0. The Morgan fingerprint density at radius 1 is 1.32 bits per heavy atom. The van der Waals surface area contributed by atoms with Crippen LogP contribution >= 0.6 is 24.0 Å². The third-order valence-electron chi connectivity index (χ3n) is 4.76. The molecule has 0 bridgehead atoms. The number of guanidine groups is 1. The molecule has 1 aromatic rings. The molecule has 5 heteroatoms. The van der Waals surface area contributed by atoms with Gasteiger partial charge in [-0.1, -0.05) is 25.1 Å². The third-order valence-corrected chi connectivity index (χ3v) is 4.76. The number of likely N-dealkylation sites (N-methyl/N-ethyl adjacent to an activating group) is 1. The predicted molar refractivity (Wildman–Crippen MR) is 105 cm³/mol. The quantitative estimate of drug-likeness (QED) is 0.469. The SMILES string of the molecule is CCN1CCCC1CNC(=NC)N1CCc2ccccc21.I. The maximum Gasteiger partial charge on any atom is 0.198 e. The summed E-state index contributed by atoms with van der Waals surface area (Å²) in [5, 5.41) is 3.59. The number of para-hydroxylation sites is 1. The van der Waals surface area contributed by atoms with E-state index in [-0.39, 0.29) is 24.0 Å². The number of anilines is 1. The van der Waals surface area contributed by atoms with Crippen LogP contribution in [0.5, 0.6) is 0 Å². The van der Waals surface area contributed by atoms with E-state index in [0.29, 0.717) is 6.04 Å². The van der Waals surface area contributed by atoms with Gasteiger partial charge in [-0.05, 0) is 44.0 Å². The first-order valence-electron chi connectivity index (χ1n) is 8.13. The fourth-order valence-corrected chi connectivity index (χ4v) is 3.61. The van der Waals surface area contributed by atoms with E-state index in [4.69, 9.17) is 0 Å². The van der Waals surface area contributed by atoms with Crippen molar-refractivity contribution in [2.75, 3.05) is 38.1 Å². The Hall–Kier alpha value is -0.820. The smallest absolute Gasteiger partial charge is 0.198 e. The van der Waals surface area contributed by atoms with Crippen LogP contribution in [0.15, 0.2) is 29.3 Å². The van der Waals surface area contributed by atoms with Crippen molar-refractivity contribution < 1.29 is 0 Å². The molecule has 0 spiro atoms. The minimum Gasteiger partial charge on any atom is -0.354 e. The Morgan fingerprint density at radius 3 is 2.91 bits per heavy atom. The molecule has 0 amide bonds. The molecule has 1 N–H and O–H groups in total. The van der Waals surface area contributed by atoms with Crippen LogP contribution in [0.4, 0.5) is 5.69 Å². The van der Waals surface area contributed by atoms with E-state index in [9.17, 15) is 0 Å². The van der Waals surface area contributed by atoms with Crippen LogP contribution in [0.25, 0.3) is 0 Å². The van der Waals surface area contributed by atoms with E-state index in [2.05, 4.69) is 51.3 Å². The Labute approximate surface area is 151 Å². The summed E-state index contributed by atoms with van der Waals surface area (Å²) in [4.78, 5) is 9.38. The lowest BCUT2D eigenvalue weighted by Gasteiger charge is -2.27. The number of benzene rings is 1. The van der Waals surface area contributed by atoms with Gasteiger partial charge in [-0.25, -0.2) is 0 Å². The second-order valence-corrected chi connectivity index (χ2v) is 5.88. The number of hydrogen-bond donors (Lipinski definition) is 1. The molecule has 2 heterocycles. The lowest BCUT2D eigenvalue weighted by molar-refractivity contribution is 0.267. The van der Waals surface area contributed by atoms with Crippen LogP contribution in [0, 0.1) is 0 Å². The zero-order valence-electron chi connectivity index (χ0n) is 13.6. The van der Waals surface area contributed by atoms with E-state index in [1.165, 1.54) is 30.6 Å². The molecule has 1 unspecified atom stereocenters. The van der Waals surface area contributed by atoms with Crippen LogP contribution in [0.2, 0.25) is 0 Å². The molecule has 4 nitrogen and oxygen atoms in total. The molecule has 0 aliphatic carbocycles. The molecule has 2 aliphatic rings. The summed E-state index contributed by atoms with van der Waals surface area (Å²) in [6.45, 7) is 6.68. The van der Waals surface area contributed by atoms with Crippen molar-refractivity contribution in [3.63, 3.8) is 0 Å². The van der Waals surface area contributed by atoms with E-state index in [1.807, 2.05) is 7.05 Å². The molecule has 1 aromatic carbocycles. The number of nitrogens with one attached hydrogen (secondary N) is 1. The van der Waals surface area contributed by atoms with Crippen LogP contribution in [-0.4, -0.2) is 50.1 Å². The Balaban J connectivity index is 0.00000176. The summed E-state index contributed by atoms with van der Waals surface area (Å²) < 4.78 is 0. The first-order chi connectivity index (χ1) is 10.3. The molecule has 0 saturated carbocycles. The summed E-state index contributed by atoms with van der Waals surface area (Å²) in [6, 6.07) is 9.31. The number of fused-ring (bicyclic) bond motifs is 1. The molecule has 122 valence electrons. The number of likely N-dealkylation sites (tertiary alicyclic amines) is 1. The minimum absolute atomic E-state index is 0. The molecule has 1 saturated heterocycles. The maximum atomic E-state index is 4.49. The highest BCUT2D eigenvalue weighted by molar-refractivity contribution is 14.0. The second kappa shape index (κ2) is 8.15. The zero-order valence-corrected chi connectivity index (χ0v) is 15.9. The van der Waals surface area contributed by atoms with E-state index in [0.717, 1.165) is 32.0 Å². The predicted octanol–water partition coefficient (Wildman–Crippen LogP) is 2.73. The number of aliphatic imine (C=N–C) groups is 1. The summed E-state index contributed by atoms with van der Waals surface area (Å²) >= 11 is 0. The van der Waals surface area contributed by atoms with Gasteiger partial charge in [0.1, 0.15) is 0 Å². The highest BCUT2D eigenvalue weighted by atomic mass is 127. The molecule has 0 aromatic heterocycles. The van der Waals surface area contributed by atoms with Gasteiger partial charge in [0, 0.05) is 31.9 Å². The largest absolute Gasteiger partial charge is 0.354 e. The van der Waals surface area contributed by atoms with E-state index < -0.39 is 0 Å². The van der Waals surface area contributed by atoms with Crippen LogP contribution < -0.4 is 10.2 Å². The molecule has 22 heavy (non-hydrogen) atoms. The Kier molecular flexibility index (Phi) is 6.50. The van der Waals surface area contributed by atoms with Gasteiger partial charge in [0.15, 0.2) is 5.96 Å². The highest BCUT2D eigenvalue weighted by Crippen LogP contribution is 2.27. The van der Waals surface area contributed by atoms with Gasteiger partial charge in [0.2, 0.25) is 0 Å². The highest BCUT2D eigenvalue weighted by Gasteiger charge is 2.26. The van der Waals surface area contributed by atoms with Crippen molar-refractivity contribution in [2.24, 2.45) is 4.99 Å². The summed E-state index contributed by atoms with van der Waals surface area (Å²) in [5.74, 6) is 1.02. The van der Waals surface area contributed by atoms with Gasteiger partial charge in [-0.3, -0.25) is 9.89 Å². The second-order valence-electron chi connectivity index (χ2n) is 5.88. The number of nitrogens with zero attached hydrogens (tertiary/aromatic N) is 3. The molecule has 1 atom stereocenters. The number of halogens is 1. The molecule has 3 rings (SSSR count). The lowest BCUT2D eigenvalue weighted by atomic mass is 10.2. The van der Waals surface area contributed by atoms with Gasteiger partial charge in [0.05, 0.1) is 0 Å². The molecule has 2 aliphatic heterocycles. The van der Waals surface area contributed by atoms with Crippen molar-refractivity contribution in [3.05, 3.63) is 29.8 Å². The van der Waals surface area contributed by atoms with Crippen LogP contribution in [0.1, 0.15) is 25.3 Å². The van der Waals surface area contributed by atoms with Gasteiger partial charge >= 0.3 is 0 Å². The van der Waals surface area contributed by atoms with E-state index >= 15 is 0 Å². The Morgan fingerprint density at radius 2 is 2.14 bits per heavy atom. The van der Waals surface area contributed by atoms with Crippen molar-refractivity contribution in [3.8, 4) is 0 Å². The number of hydrogen-bond acceptors (Lipinski definition) is 2. The monoisotopic (exact) mass is 414 g/mol. The number of rotatable bonds is 3. The van der Waals surface area contributed by atoms with Gasteiger partial charge in [-0.2, -0.15) is 0 Å².